The third kappa shape index (κ3) is 2.08. The van der Waals surface area contributed by atoms with Crippen LogP contribution in [0.3, 0.4) is 0 Å². The number of nitrogens with one attached hydrogen (secondary N) is 1. The number of pyridine rings is 1. The molecule has 0 saturated carbocycles. The van der Waals surface area contributed by atoms with Crippen LogP contribution in [0.4, 0.5) is 5.95 Å². The standard InChI is InChI=1S/C11H12N4O/c1-8-4-3-5-9(13-8)10(16)14-11-12-6-7-15(11)2/h3-7H,1-2H3,(H,12,14,16). The molecule has 16 heavy (non-hydrogen) atoms. The molecule has 2 aromatic heterocycles. The van der Waals surface area contributed by atoms with E-state index in [-0.39, 0.29) is 5.91 Å². The lowest BCUT2D eigenvalue weighted by atomic mass is 10.3. The molecular weight excluding hydrogens is 204 g/mol. The van der Waals surface area contributed by atoms with Gasteiger partial charge < -0.3 is 4.57 Å². The fourth-order valence-corrected chi connectivity index (χ4v) is 1.32. The van der Waals surface area contributed by atoms with E-state index in [1.807, 2.05) is 20.0 Å². The molecule has 0 aliphatic rings. The zero-order valence-electron chi connectivity index (χ0n) is 9.14. The summed E-state index contributed by atoms with van der Waals surface area (Å²) in [6.45, 7) is 1.84. The Kier molecular flexibility index (Phi) is 2.68. The minimum Gasteiger partial charge on any atom is -0.320 e. The Morgan fingerprint density at radius 3 is 2.88 bits per heavy atom. The summed E-state index contributed by atoms with van der Waals surface area (Å²) < 4.78 is 1.73. The first-order valence-corrected chi connectivity index (χ1v) is 4.89. The fourth-order valence-electron chi connectivity index (χ4n) is 1.32. The summed E-state index contributed by atoms with van der Waals surface area (Å²) in [4.78, 5) is 19.9. The van der Waals surface area contributed by atoms with E-state index in [2.05, 4.69) is 15.3 Å². The minimum absolute atomic E-state index is 0.252. The van der Waals surface area contributed by atoms with Crippen molar-refractivity contribution in [2.45, 2.75) is 6.92 Å². The van der Waals surface area contributed by atoms with Gasteiger partial charge in [0.1, 0.15) is 5.69 Å². The van der Waals surface area contributed by atoms with Gasteiger partial charge in [0, 0.05) is 25.1 Å². The van der Waals surface area contributed by atoms with E-state index in [1.165, 1.54) is 0 Å². The van der Waals surface area contributed by atoms with Gasteiger partial charge in [0.15, 0.2) is 0 Å². The monoisotopic (exact) mass is 216 g/mol. The zero-order valence-corrected chi connectivity index (χ0v) is 9.14. The molecule has 0 atom stereocenters. The molecule has 0 fully saturated rings. The Morgan fingerprint density at radius 1 is 1.44 bits per heavy atom. The summed E-state index contributed by atoms with van der Waals surface area (Å²) in [7, 11) is 1.81. The smallest absolute Gasteiger partial charge is 0.276 e. The SMILES string of the molecule is Cc1cccc(C(=O)Nc2nccn2C)n1. The first-order valence-electron chi connectivity index (χ1n) is 4.89. The van der Waals surface area contributed by atoms with Gasteiger partial charge in [0.25, 0.3) is 5.91 Å². The van der Waals surface area contributed by atoms with Gasteiger partial charge in [-0.1, -0.05) is 6.07 Å². The number of aryl methyl sites for hydroxylation is 2. The molecule has 1 N–H and O–H groups in total. The number of hydrogen-bond donors (Lipinski definition) is 1. The normalized spacial score (nSPS) is 10.1. The van der Waals surface area contributed by atoms with Gasteiger partial charge in [0.2, 0.25) is 5.95 Å². The van der Waals surface area contributed by atoms with Crippen molar-refractivity contribution in [2.75, 3.05) is 5.32 Å². The molecule has 2 aromatic rings. The summed E-state index contributed by atoms with van der Waals surface area (Å²) >= 11 is 0. The minimum atomic E-state index is -0.252. The molecule has 5 heteroatoms. The van der Waals surface area contributed by atoms with Crippen LogP contribution in [0.5, 0.6) is 0 Å². The Bertz CT molecular complexity index is 518. The summed E-state index contributed by atoms with van der Waals surface area (Å²) in [5, 5.41) is 2.68. The van der Waals surface area contributed by atoms with E-state index < -0.39 is 0 Å². The van der Waals surface area contributed by atoms with Crippen LogP contribution in [0, 0.1) is 6.92 Å². The lowest BCUT2D eigenvalue weighted by molar-refractivity contribution is 0.102. The Labute approximate surface area is 93.2 Å². The molecule has 0 aliphatic heterocycles. The molecule has 0 spiro atoms. The van der Waals surface area contributed by atoms with Gasteiger partial charge in [-0.2, -0.15) is 0 Å². The third-order valence-corrected chi connectivity index (χ3v) is 2.17. The van der Waals surface area contributed by atoms with E-state index in [4.69, 9.17) is 0 Å². The topological polar surface area (TPSA) is 59.8 Å². The lowest BCUT2D eigenvalue weighted by Crippen LogP contribution is -2.16. The van der Waals surface area contributed by atoms with Gasteiger partial charge in [-0.25, -0.2) is 9.97 Å². The molecule has 0 bridgehead atoms. The second kappa shape index (κ2) is 4.14. The van der Waals surface area contributed by atoms with Crippen molar-refractivity contribution in [1.82, 2.24) is 14.5 Å². The van der Waals surface area contributed by atoms with Crippen LogP contribution in [0.25, 0.3) is 0 Å². The number of aromatic nitrogens is 3. The maximum Gasteiger partial charge on any atom is 0.276 e. The molecule has 0 unspecified atom stereocenters. The maximum atomic E-state index is 11.8. The average molecular weight is 216 g/mol. The maximum absolute atomic E-state index is 11.8. The quantitative estimate of drug-likeness (QED) is 0.824. The largest absolute Gasteiger partial charge is 0.320 e. The summed E-state index contributed by atoms with van der Waals surface area (Å²) in [6.07, 6.45) is 3.39. The molecule has 0 saturated heterocycles. The molecule has 82 valence electrons. The Morgan fingerprint density at radius 2 is 2.25 bits per heavy atom. The zero-order chi connectivity index (χ0) is 11.5. The molecule has 1 amide bonds. The van der Waals surface area contributed by atoms with Crippen LogP contribution in [-0.2, 0) is 7.05 Å². The molecule has 2 heterocycles. The second-order valence-electron chi connectivity index (χ2n) is 3.48. The highest BCUT2D eigenvalue weighted by Crippen LogP contribution is 2.04. The number of carbonyl (C=O) groups excluding carboxylic acids is 1. The van der Waals surface area contributed by atoms with E-state index >= 15 is 0 Å². The molecule has 0 radical (unpaired) electrons. The van der Waals surface area contributed by atoms with Crippen molar-refractivity contribution in [3.63, 3.8) is 0 Å². The highest BCUT2D eigenvalue weighted by atomic mass is 16.2. The molecular formula is C11H12N4O. The number of amides is 1. The van der Waals surface area contributed by atoms with Crippen molar-refractivity contribution in [3.05, 3.63) is 42.0 Å². The van der Waals surface area contributed by atoms with E-state index in [9.17, 15) is 4.79 Å². The Hall–Kier alpha value is -2.17. The van der Waals surface area contributed by atoms with E-state index in [1.54, 1.807) is 29.1 Å². The summed E-state index contributed by atoms with van der Waals surface area (Å²) in [6, 6.07) is 5.32. The van der Waals surface area contributed by atoms with Crippen molar-refractivity contribution >= 4 is 11.9 Å². The van der Waals surface area contributed by atoms with Crippen LogP contribution < -0.4 is 5.32 Å². The number of carbonyl (C=O) groups is 1. The van der Waals surface area contributed by atoms with Crippen molar-refractivity contribution < 1.29 is 4.79 Å². The van der Waals surface area contributed by atoms with Gasteiger partial charge in [-0.05, 0) is 19.1 Å². The van der Waals surface area contributed by atoms with Crippen LogP contribution >= 0.6 is 0 Å². The van der Waals surface area contributed by atoms with Gasteiger partial charge in [-0.15, -0.1) is 0 Å². The van der Waals surface area contributed by atoms with Gasteiger partial charge in [0.05, 0.1) is 0 Å². The number of rotatable bonds is 2. The highest BCUT2D eigenvalue weighted by Gasteiger charge is 2.09. The average Bonchev–Trinajstić information content (AvgIpc) is 2.64. The van der Waals surface area contributed by atoms with Crippen LogP contribution in [0.2, 0.25) is 0 Å². The molecule has 0 aromatic carbocycles. The van der Waals surface area contributed by atoms with E-state index in [0.29, 0.717) is 11.6 Å². The van der Waals surface area contributed by atoms with E-state index in [0.717, 1.165) is 5.69 Å². The van der Waals surface area contributed by atoms with Crippen molar-refractivity contribution in [2.24, 2.45) is 7.05 Å². The lowest BCUT2D eigenvalue weighted by Gasteiger charge is -2.04. The number of imidazole rings is 1. The first-order chi connectivity index (χ1) is 7.66. The Balaban J connectivity index is 2.18. The van der Waals surface area contributed by atoms with Crippen LogP contribution in [-0.4, -0.2) is 20.4 Å². The molecule has 5 nitrogen and oxygen atoms in total. The van der Waals surface area contributed by atoms with Crippen molar-refractivity contribution in [3.8, 4) is 0 Å². The van der Waals surface area contributed by atoms with Gasteiger partial charge in [-0.3, -0.25) is 10.1 Å². The second-order valence-corrected chi connectivity index (χ2v) is 3.48. The summed E-state index contributed by atoms with van der Waals surface area (Å²) in [5.74, 6) is 0.256. The number of anilines is 1. The molecule has 0 aliphatic carbocycles. The highest BCUT2D eigenvalue weighted by molar-refractivity contribution is 6.01. The van der Waals surface area contributed by atoms with Crippen molar-refractivity contribution in [1.29, 1.82) is 0 Å². The van der Waals surface area contributed by atoms with Crippen LogP contribution in [0.1, 0.15) is 16.2 Å². The number of nitrogens with zero attached hydrogens (tertiary/aromatic N) is 3. The first kappa shape index (κ1) is 10.4. The van der Waals surface area contributed by atoms with Crippen LogP contribution in [0.15, 0.2) is 30.6 Å². The molecule has 2 rings (SSSR count). The van der Waals surface area contributed by atoms with Gasteiger partial charge >= 0.3 is 0 Å². The predicted octanol–water partition coefficient (Wildman–Crippen LogP) is 1.38. The fraction of sp³-hybridized carbons (Fsp3) is 0.182. The predicted molar refractivity (Wildman–Crippen MR) is 60.1 cm³/mol. The summed E-state index contributed by atoms with van der Waals surface area (Å²) in [5.41, 5.74) is 1.20. The third-order valence-electron chi connectivity index (χ3n) is 2.17. The number of hydrogen-bond acceptors (Lipinski definition) is 3.